The van der Waals surface area contributed by atoms with Crippen LogP contribution in [0.4, 0.5) is 5.69 Å². The summed E-state index contributed by atoms with van der Waals surface area (Å²) >= 11 is 1.62. The van der Waals surface area contributed by atoms with Gasteiger partial charge in [-0.2, -0.15) is 11.3 Å². The first-order chi connectivity index (χ1) is 14.5. The number of ketones is 1. The number of Topliss-reactive ketones (excluding diaryl/α,β-unsaturated/α-hetero) is 1. The number of carbonyl (C=O) groups excluding carboxylic acids is 2. The number of hydrogen-bond acceptors (Lipinski definition) is 5. The van der Waals surface area contributed by atoms with E-state index < -0.39 is 23.6 Å². The van der Waals surface area contributed by atoms with Gasteiger partial charge in [0.05, 0.1) is 18.7 Å². The molecule has 0 saturated heterocycles. The summed E-state index contributed by atoms with van der Waals surface area (Å²) in [5.41, 5.74) is 4.61. The summed E-state index contributed by atoms with van der Waals surface area (Å²) in [6.07, 6.45) is 0. The third kappa shape index (κ3) is 2.60. The summed E-state index contributed by atoms with van der Waals surface area (Å²) in [4.78, 5) is 27.6. The number of aliphatic hydroxyl groups is 1. The molecule has 150 valence electrons. The molecule has 2 heterocycles. The maximum Gasteiger partial charge on any atom is 0.294 e. The summed E-state index contributed by atoms with van der Waals surface area (Å²) in [7, 11) is 1.58. The van der Waals surface area contributed by atoms with Crippen molar-refractivity contribution < 1.29 is 19.4 Å². The van der Waals surface area contributed by atoms with Crippen LogP contribution in [0.15, 0.2) is 70.6 Å². The van der Waals surface area contributed by atoms with E-state index in [1.165, 1.54) is 4.90 Å². The highest BCUT2D eigenvalue weighted by molar-refractivity contribution is 7.08. The first-order valence-corrected chi connectivity index (χ1v) is 10.6. The van der Waals surface area contributed by atoms with Crippen LogP contribution >= 0.6 is 11.3 Å². The van der Waals surface area contributed by atoms with Gasteiger partial charge < -0.3 is 9.84 Å². The Morgan fingerprint density at radius 2 is 1.77 bits per heavy atom. The van der Waals surface area contributed by atoms with Crippen LogP contribution in [0.2, 0.25) is 0 Å². The normalized spacial score (nSPS) is 20.4. The fourth-order valence-corrected chi connectivity index (χ4v) is 5.00. The van der Waals surface area contributed by atoms with Crippen molar-refractivity contribution >= 4 is 28.7 Å². The van der Waals surface area contributed by atoms with Crippen molar-refractivity contribution in [2.45, 2.75) is 18.9 Å². The van der Waals surface area contributed by atoms with Crippen LogP contribution < -0.4 is 9.64 Å². The highest BCUT2D eigenvalue weighted by Gasteiger charge is 2.49. The third-order valence-electron chi connectivity index (χ3n) is 5.92. The number of amides is 1. The van der Waals surface area contributed by atoms with Crippen LogP contribution in [0.25, 0.3) is 11.1 Å². The summed E-state index contributed by atoms with van der Waals surface area (Å²) in [6, 6.07) is 14.5. The zero-order valence-corrected chi connectivity index (χ0v) is 17.3. The van der Waals surface area contributed by atoms with Crippen molar-refractivity contribution in [3.8, 4) is 16.9 Å². The molecule has 2 aliphatic rings. The van der Waals surface area contributed by atoms with Gasteiger partial charge in [0, 0.05) is 11.6 Å². The predicted octanol–water partition coefficient (Wildman–Crippen LogP) is 5.01. The maximum atomic E-state index is 13.1. The highest BCUT2D eigenvalue weighted by Crippen LogP contribution is 2.49. The molecule has 1 aromatic heterocycles. The number of carbonyl (C=O) groups is 2. The smallest absolute Gasteiger partial charge is 0.294 e. The van der Waals surface area contributed by atoms with Crippen molar-refractivity contribution in [2.75, 3.05) is 12.0 Å². The molecule has 0 spiro atoms. The summed E-state index contributed by atoms with van der Waals surface area (Å²) in [6.45, 7) is 1.79. The molecule has 2 aromatic carbocycles. The minimum absolute atomic E-state index is 0.173. The van der Waals surface area contributed by atoms with Crippen molar-refractivity contribution in [1.29, 1.82) is 0 Å². The molecular weight excluding hydrogens is 398 g/mol. The lowest BCUT2D eigenvalue weighted by Gasteiger charge is -2.33. The lowest BCUT2D eigenvalue weighted by molar-refractivity contribution is -0.118. The predicted molar refractivity (Wildman–Crippen MR) is 116 cm³/mol. The number of thiophene rings is 1. The van der Waals surface area contributed by atoms with Gasteiger partial charge in [0.1, 0.15) is 5.75 Å². The monoisotopic (exact) mass is 417 g/mol. The Morgan fingerprint density at radius 3 is 2.43 bits per heavy atom. The van der Waals surface area contributed by atoms with E-state index in [4.69, 9.17) is 4.74 Å². The van der Waals surface area contributed by atoms with Gasteiger partial charge in [-0.3, -0.25) is 14.5 Å². The Morgan fingerprint density at radius 1 is 1.00 bits per heavy atom. The number of fused-ring (bicyclic) bond motifs is 3. The number of rotatable bonds is 3. The van der Waals surface area contributed by atoms with E-state index in [9.17, 15) is 14.7 Å². The van der Waals surface area contributed by atoms with Gasteiger partial charge in [-0.05, 0) is 63.3 Å². The van der Waals surface area contributed by atoms with Gasteiger partial charge in [-0.15, -0.1) is 0 Å². The number of methoxy groups -OCH3 is 1. The minimum atomic E-state index is -0.644. The molecule has 1 amide bonds. The second-order valence-electron chi connectivity index (χ2n) is 7.48. The van der Waals surface area contributed by atoms with Crippen LogP contribution in [-0.2, 0) is 9.59 Å². The fourth-order valence-electron chi connectivity index (χ4n) is 4.34. The Balaban J connectivity index is 1.63. The third-order valence-corrected chi connectivity index (χ3v) is 6.61. The lowest BCUT2D eigenvalue weighted by atomic mass is 9.77. The molecule has 6 heteroatoms. The molecule has 0 bridgehead atoms. The second kappa shape index (κ2) is 6.85. The van der Waals surface area contributed by atoms with Crippen molar-refractivity contribution in [3.05, 3.63) is 81.8 Å². The number of benzene rings is 2. The first-order valence-electron chi connectivity index (χ1n) is 9.62. The van der Waals surface area contributed by atoms with Crippen LogP contribution in [0.5, 0.6) is 5.75 Å². The van der Waals surface area contributed by atoms with Crippen LogP contribution in [0.1, 0.15) is 30.0 Å². The van der Waals surface area contributed by atoms with Crippen LogP contribution in [0, 0.1) is 0 Å². The molecule has 2 atom stereocenters. The van der Waals surface area contributed by atoms with E-state index in [0.717, 1.165) is 22.3 Å². The molecule has 5 rings (SSSR count). The van der Waals surface area contributed by atoms with Crippen molar-refractivity contribution in [2.24, 2.45) is 0 Å². The van der Waals surface area contributed by atoms with Crippen molar-refractivity contribution in [3.63, 3.8) is 0 Å². The molecule has 0 saturated carbocycles. The van der Waals surface area contributed by atoms with E-state index >= 15 is 0 Å². The maximum absolute atomic E-state index is 13.1. The number of aliphatic hydroxyl groups excluding tert-OH is 1. The fraction of sp³-hybridized carbons (Fsp3) is 0.167. The number of anilines is 1. The molecule has 3 aromatic rings. The number of nitrogens with zero attached hydrogens (tertiary/aromatic N) is 1. The van der Waals surface area contributed by atoms with Gasteiger partial charge in [0.15, 0.2) is 11.5 Å². The van der Waals surface area contributed by atoms with Gasteiger partial charge >= 0.3 is 0 Å². The van der Waals surface area contributed by atoms with Crippen LogP contribution in [0.3, 0.4) is 0 Å². The average Bonchev–Trinajstić information content (AvgIpc) is 3.39. The Bertz CT molecular complexity index is 1190. The Kier molecular flexibility index (Phi) is 4.25. The van der Waals surface area contributed by atoms with E-state index in [1.807, 2.05) is 53.9 Å². The Hall–Kier alpha value is -3.38. The van der Waals surface area contributed by atoms with E-state index in [-0.39, 0.29) is 11.4 Å². The van der Waals surface area contributed by atoms with E-state index in [2.05, 4.69) is 5.38 Å². The number of hydrogen-bond donors (Lipinski definition) is 1. The standard InChI is InChI=1S/C24H19NO4S/c1-13-19-11-17(29-2)7-8-18(19)21-20(22(13)26)23(27)24(28)25(21)16-5-3-14(4-6-16)15-9-10-30-12-15/h3-13,21,27H,1-2H3. The number of ether oxygens (including phenoxy) is 1. The molecule has 30 heavy (non-hydrogen) atoms. The zero-order chi connectivity index (χ0) is 21.0. The molecular formula is C24H19NO4S. The van der Waals surface area contributed by atoms with Gasteiger partial charge in [0.25, 0.3) is 5.91 Å². The quantitative estimate of drug-likeness (QED) is 0.651. The van der Waals surface area contributed by atoms with Gasteiger partial charge in [-0.1, -0.05) is 25.1 Å². The average molecular weight is 417 g/mol. The van der Waals surface area contributed by atoms with Crippen LogP contribution in [-0.4, -0.2) is 23.9 Å². The molecule has 2 unspecified atom stereocenters. The first kappa shape index (κ1) is 18.6. The highest BCUT2D eigenvalue weighted by atomic mass is 32.1. The molecule has 5 nitrogen and oxygen atoms in total. The lowest BCUT2D eigenvalue weighted by Crippen LogP contribution is -2.34. The Labute approximate surface area is 177 Å². The second-order valence-corrected chi connectivity index (χ2v) is 8.26. The summed E-state index contributed by atoms with van der Waals surface area (Å²) in [5, 5.41) is 14.7. The van der Waals surface area contributed by atoms with Crippen molar-refractivity contribution in [1.82, 2.24) is 0 Å². The van der Waals surface area contributed by atoms with Gasteiger partial charge in [0.2, 0.25) is 0 Å². The topological polar surface area (TPSA) is 66.8 Å². The summed E-state index contributed by atoms with van der Waals surface area (Å²) < 4.78 is 5.33. The summed E-state index contributed by atoms with van der Waals surface area (Å²) in [5.74, 6) is -1.05. The van der Waals surface area contributed by atoms with E-state index in [0.29, 0.717) is 11.4 Å². The molecule has 0 fully saturated rings. The molecule has 1 N–H and O–H groups in total. The SMILES string of the molecule is COc1ccc2c(c1)C(C)C(=O)C1=C(O)C(=O)N(c3ccc(-c4ccsc4)cc3)C12. The molecule has 1 aliphatic carbocycles. The van der Waals surface area contributed by atoms with E-state index in [1.54, 1.807) is 25.4 Å². The minimum Gasteiger partial charge on any atom is -0.503 e. The molecule has 0 radical (unpaired) electrons. The zero-order valence-electron chi connectivity index (χ0n) is 16.5. The largest absolute Gasteiger partial charge is 0.503 e. The molecule has 1 aliphatic heterocycles. The van der Waals surface area contributed by atoms with Gasteiger partial charge in [-0.25, -0.2) is 0 Å².